The van der Waals surface area contributed by atoms with E-state index in [0.29, 0.717) is 0 Å². The number of nitrogens with one attached hydrogen (secondary N) is 1. The van der Waals surface area contributed by atoms with Gasteiger partial charge in [0.25, 0.3) is 0 Å². The molecule has 0 amide bonds. The van der Waals surface area contributed by atoms with Crippen LogP contribution in [0.25, 0.3) is 6.08 Å². The SMILES string of the molecule is Cc1[nH]cnc1C=CCC(=O)O. The third-order valence-electron chi connectivity index (χ3n) is 1.44. The van der Waals surface area contributed by atoms with Crippen molar-refractivity contribution in [2.75, 3.05) is 0 Å². The summed E-state index contributed by atoms with van der Waals surface area (Å²) in [7, 11) is 0. The first kappa shape index (κ1) is 8.52. The molecule has 4 heteroatoms. The lowest BCUT2D eigenvalue weighted by Gasteiger charge is -1.86. The van der Waals surface area contributed by atoms with Gasteiger partial charge in [-0.25, -0.2) is 4.98 Å². The number of aliphatic carboxylic acids is 1. The molecule has 0 radical (unpaired) electrons. The van der Waals surface area contributed by atoms with Crippen LogP contribution in [0.2, 0.25) is 0 Å². The van der Waals surface area contributed by atoms with E-state index in [4.69, 9.17) is 5.11 Å². The molecule has 0 aliphatic heterocycles. The predicted octanol–water partition coefficient (Wildman–Crippen LogP) is 1.21. The molecule has 0 saturated heterocycles. The Morgan fingerprint density at radius 3 is 3.08 bits per heavy atom. The van der Waals surface area contributed by atoms with Crippen molar-refractivity contribution in [3.05, 3.63) is 23.8 Å². The van der Waals surface area contributed by atoms with Gasteiger partial charge in [-0.3, -0.25) is 4.79 Å². The van der Waals surface area contributed by atoms with Gasteiger partial charge in [0.15, 0.2) is 0 Å². The van der Waals surface area contributed by atoms with E-state index in [1.54, 1.807) is 18.5 Å². The number of hydrogen-bond acceptors (Lipinski definition) is 2. The van der Waals surface area contributed by atoms with Crippen molar-refractivity contribution in [2.24, 2.45) is 0 Å². The minimum atomic E-state index is -0.834. The fraction of sp³-hybridized carbons (Fsp3) is 0.250. The van der Waals surface area contributed by atoms with Crippen LogP contribution in [0.15, 0.2) is 12.4 Å². The van der Waals surface area contributed by atoms with Crippen molar-refractivity contribution in [3.8, 4) is 0 Å². The highest BCUT2D eigenvalue weighted by atomic mass is 16.4. The molecular weight excluding hydrogens is 156 g/mol. The lowest BCUT2D eigenvalue weighted by Crippen LogP contribution is -1.89. The lowest BCUT2D eigenvalue weighted by molar-refractivity contribution is -0.135. The number of aryl methyl sites for hydroxylation is 1. The molecule has 0 saturated carbocycles. The molecule has 0 aliphatic rings. The van der Waals surface area contributed by atoms with Crippen LogP contribution in [0.4, 0.5) is 0 Å². The molecule has 0 aliphatic carbocycles. The van der Waals surface area contributed by atoms with Crippen LogP contribution < -0.4 is 0 Å². The molecule has 0 fully saturated rings. The van der Waals surface area contributed by atoms with Gasteiger partial charge in [0.2, 0.25) is 0 Å². The molecule has 1 rings (SSSR count). The fourth-order valence-corrected chi connectivity index (χ4v) is 0.809. The van der Waals surface area contributed by atoms with Gasteiger partial charge in [-0.1, -0.05) is 6.08 Å². The van der Waals surface area contributed by atoms with E-state index in [1.807, 2.05) is 6.92 Å². The number of nitrogens with zero attached hydrogens (tertiary/aromatic N) is 1. The zero-order valence-corrected chi connectivity index (χ0v) is 6.74. The van der Waals surface area contributed by atoms with Gasteiger partial charge in [0.05, 0.1) is 18.4 Å². The highest BCUT2D eigenvalue weighted by molar-refractivity contribution is 5.70. The van der Waals surface area contributed by atoms with Crippen LogP contribution in [-0.2, 0) is 4.79 Å². The number of carboxylic acid groups (broad SMARTS) is 1. The molecule has 64 valence electrons. The smallest absolute Gasteiger partial charge is 0.307 e. The molecule has 0 unspecified atom stereocenters. The lowest BCUT2D eigenvalue weighted by atomic mass is 10.3. The Bertz CT molecular complexity index is 302. The van der Waals surface area contributed by atoms with Crippen molar-refractivity contribution in [3.63, 3.8) is 0 Å². The van der Waals surface area contributed by atoms with Crippen LogP contribution in [-0.4, -0.2) is 21.0 Å². The van der Waals surface area contributed by atoms with Crippen molar-refractivity contribution >= 4 is 12.0 Å². The molecule has 0 bridgehead atoms. The van der Waals surface area contributed by atoms with E-state index in [-0.39, 0.29) is 6.42 Å². The first-order valence-electron chi connectivity index (χ1n) is 3.58. The van der Waals surface area contributed by atoms with E-state index >= 15 is 0 Å². The maximum atomic E-state index is 10.1. The molecule has 0 atom stereocenters. The summed E-state index contributed by atoms with van der Waals surface area (Å²) in [6.45, 7) is 1.88. The van der Waals surface area contributed by atoms with Crippen LogP contribution >= 0.6 is 0 Å². The predicted molar refractivity (Wildman–Crippen MR) is 44.6 cm³/mol. The third kappa shape index (κ3) is 2.23. The Labute approximate surface area is 70.0 Å². The van der Waals surface area contributed by atoms with Crippen molar-refractivity contribution in [2.45, 2.75) is 13.3 Å². The molecule has 0 aromatic carbocycles. The monoisotopic (exact) mass is 166 g/mol. The van der Waals surface area contributed by atoms with Gasteiger partial charge in [-0.2, -0.15) is 0 Å². The van der Waals surface area contributed by atoms with Crippen LogP contribution in [0.5, 0.6) is 0 Å². The van der Waals surface area contributed by atoms with E-state index < -0.39 is 5.97 Å². The van der Waals surface area contributed by atoms with E-state index in [0.717, 1.165) is 11.4 Å². The van der Waals surface area contributed by atoms with E-state index in [1.165, 1.54) is 0 Å². The van der Waals surface area contributed by atoms with Crippen LogP contribution in [0.3, 0.4) is 0 Å². The maximum absolute atomic E-state index is 10.1. The van der Waals surface area contributed by atoms with E-state index in [9.17, 15) is 4.79 Å². The average molecular weight is 166 g/mol. The van der Waals surface area contributed by atoms with Crippen LogP contribution in [0, 0.1) is 6.92 Å². The average Bonchev–Trinajstić information content (AvgIpc) is 2.36. The molecule has 2 N–H and O–H groups in total. The Morgan fingerprint density at radius 1 is 1.83 bits per heavy atom. The molecule has 1 aromatic rings. The maximum Gasteiger partial charge on any atom is 0.307 e. The number of carbonyl (C=O) groups is 1. The zero-order chi connectivity index (χ0) is 8.97. The summed E-state index contributed by atoms with van der Waals surface area (Å²) in [6.07, 6.45) is 4.88. The van der Waals surface area contributed by atoms with Gasteiger partial charge in [-0.15, -0.1) is 0 Å². The Hall–Kier alpha value is -1.58. The van der Waals surface area contributed by atoms with Gasteiger partial charge in [-0.05, 0) is 13.0 Å². The summed E-state index contributed by atoms with van der Waals surface area (Å²) in [5.74, 6) is -0.834. The molecule has 12 heavy (non-hydrogen) atoms. The first-order valence-corrected chi connectivity index (χ1v) is 3.58. The number of aromatic nitrogens is 2. The van der Waals surface area contributed by atoms with Crippen LogP contribution in [0.1, 0.15) is 17.8 Å². The van der Waals surface area contributed by atoms with Crippen molar-refractivity contribution in [1.29, 1.82) is 0 Å². The van der Waals surface area contributed by atoms with Gasteiger partial charge >= 0.3 is 5.97 Å². The molecule has 4 nitrogen and oxygen atoms in total. The number of H-pyrrole nitrogens is 1. The quantitative estimate of drug-likeness (QED) is 0.709. The number of rotatable bonds is 3. The number of imidazole rings is 1. The zero-order valence-electron chi connectivity index (χ0n) is 6.74. The van der Waals surface area contributed by atoms with Gasteiger partial charge < -0.3 is 10.1 Å². The van der Waals surface area contributed by atoms with Gasteiger partial charge in [0, 0.05) is 5.69 Å². The normalized spacial score (nSPS) is 10.8. The summed E-state index contributed by atoms with van der Waals surface area (Å²) in [5, 5.41) is 8.33. The summed E-state index contributed by atoms with van der Waals surface area (Å²) < 4.78 is 0. The second-order valence-corrected chi connectivity index (χ2v) is 2.41. The molecule has 0 spiro atoms. The number of carboxylic acids is 1. The highest BCUT2D eigenvalue weighted by Gasteiger charge is 1.95. The molecule has 1 aromatic heterocycles. The van der Waals surface area contributed by atoms with Crippen molar-refractivity contribution < 1.29 is 9.90 Å². The standard InChI is InChI=1S/C8H10N2O2/c1-6-7(10-5-9-6)3-2-4-8(11)12/h2-3,5H,4H2,1H3,(H,9,10)(H,11,12). The molecule has 1 heterocycles. The highest BCUT2D eigenvalue weighted by Crippen LogP contribution is 2.02. The summed E-state index contributed by atoms with van der Waals surface area (Å²) >= 11 is 0. The summed E-state index contributed by atoms with van der Waals surface area (Å²) in [6, 6.07) is 0. The van der Waals surface area contributed by atoms with Crippen molar-refractivity contribution in [1.82, 2.24) is 9.97 Å². The Balaban J connectivity index is 2.57. The largest absolute Gasteiger partial charge is 0.481 e. The van der Waals surface area contributed by atoms with Gasteiger partial charge in [0.1, 0.15) is 0 Å². The number of hydrogen-bond donors (Lipinski definition) is 2. The topological polar surface area (TPSA) is 66.0 Å². The third-order valence-corrected chi connectivity index (χ3v) is 1.44. The fourth-order valence-electron chi connectivity index (χ4n) is 0.809. The minimum Gasteiger partial charge on any atom is -0.481 e. The summed E-state index contributed by atoms with van der Waals surface area (Å²) in [5.41, 5.74) is 1.73. The second-order valence-electron chi connectivity index (χ2n) is 2.41. The first-order chi connectivity index (χ1) is 5.70. The Morgan fingerprint density at radius 2 is 2.58 bits per heavy atom. The molecular formula is C8H10N2O2. The summed E-state index contributed by atoms with van der Waals surface area (Å²) in [4.78, 5) is 17.0. The Kier molecular flexibility index (Phi) is 2.63. The van der Waals surface area contributed by atoms with E-state index in [2.05, 4.69) is 9.97 Å². The second kappa shape index (κ2) is 3.71. The number of aromatic amines is 1. The minimum absolute atomic E-state index is 0.0340.